The van der Waals surface area contributed by atoms with Gasteiger partial charge >= 0.3 is 0 Å². The lowest BCUT2D eigenvalue weighted by atomic mass is 9.93. The van der Waals surface area contributed by atoms with Gasteiger partial charge in [-0.3, -0.25) is 4.79 Å². The molecule has 3 heteroatoms. The molecule has 1 aromatic heterocycles. The van der Waals surface area contributed by atoms with Crippen molar-refractivity contribution in [2.24, 2.45) is 0 Å². The maximum atomic E-state index is 13.2. The zero-order chi connectivity index (χ0) is 17.2. The van der Waals surface area contributed by atoms with Gasteiger partial charge in [-0.05, 0) is 36.2 Å². The normalized spacial score (nSPS) is 12.8. The molecule has 1 aliphatic carbocycles. The Morgan fingerprint density at radius 3 is 2.56 bits per heavy atom. The van der Waals surface area contributed by atoms with Gasteiger partial charge in [0.1, 0.15) is 11.5 Å². The number of hydrogen-bond acceptors (Lipinski definition) is 2. The fraction of sp³-hybridized carbons (Fsp3) is 0.136. The summed E-state index contributed by atoms with van der Waals surface area (Å²) < 4.78 is 6.11. The van der Waals surface area contributed by atoms with Crippen molar-refractivity contribution < 1.29 is 9.21 Å². The number of allylic oxidation sites excluding steroid dienone is 1. The van der Waals surface area contributed by atoms with Crippen LogP contribution >= 0.6 is 11.6 Å². The standard InChI is InChI=1S/C22H17ClO2/c23-17-12-10-16(11-13-17)22(24)21-18-8-4-5-9-19(18)25-20(21)14-15-6-2-1-3-7-15/h1-4,6-8,10-13H,5,9,14H2. The minimum Gasteiger partial charge on any atom is -0.464 e. The highest BCUT2D eigenvalue weighted by molar-refractivity contribution is 6.30. The summed E-state index contributed by atoms with van der Waals surface area (Å²) in [6.45, 7) is 0. The van der Waals surface area contributed by atoms with Crippen LogP contribution in [0.5, 0.6) is 0 Å². The molecule has 0 fully saturated rings. The second-order valence-electron chi connectivity index (χ2n) is 6.18. The van der Waals surface area contributed by atoms with Crippen LogP contribution in [-0.2, 0) is 12.8 Å². The molecule has 0 N–H and O–H groups in total. The SMILES string of the molecule is O=C(c1ccc(Cl)cc1)c1c(Cc2ccccc2)oc2c1C=CCC2. The van der Waals surface area contributed by atoms with Gasteiger partial charge in [-0.2, -0.15) is 0 Å². The van der Waals surface area contributed by atoms with E-state index in [2.05, 4.69) is 6.08 Å². The quantitative estimate of drug-likeness (QED) is 0.565. The minimum atomic E-state index is -0.0147. The predicted octanol–water partition coefficient (Wildman–Crippen LogP) is 5.71. The molecule has 1 aliphatic rings. The van der Waals surface area contributed by atoms with Gasteiger partial charge in [0.15, 0.2) is 5.78 Å². The lowest BCUT2D eigenvalue weighted by molar-refractivity contribution is 0.103. The highest BCUT2D eigenvalue weighted by atomic mass is 35.5. The Labute approximate surface area is 151 Å². The van der Waals surface area contributed by atoms with Crippen LogP contribution in [0.15, 0.2) is 65.1 Å². The van der Waals surface area contributed by atoms with Crippen LogP contribution in [0.4, 0.5) is 0 Å². The summed E-state index contributed by atoms with van der Waals surface area (Å²) in [6.07, 6.45) is 6.50. The molecular weight excluding hydrogens is 332 g/mol. The molecule has 1 heterocycles. The lowest BCUT2D eigenvalue weighted by Gasteiger charge is -2.06. The van der Waals surface area contributed by atoms with Gasteiger partial charge < -0.3 is 4.42 Å². The number of ketones is 1. The molecule has 3 aromatic rings. The second kappa shape index (κ2) is 6.73. The molecule has 0 spiro atoms. The van der Waals surface area contributed by atoms with E-state index < -0.39 is 0 Å². The maximum absolute atomic E-state index is 13.2. The predicted molar refractivity (Wildman–Crippen MR) is 100 cm³/mol. The highest BCUT2D eigenvalue weighted by Crippen LogP contribution is 2.32. The Morgan fingerprint density at radius 2 is 1.80 bits per heavy atom. The third-order valence-corrected chi connectivity index (χ3v) is 4.71. The first kappa shape index (κ1) is 15.9. The molecule has 0 radical (unpaired) electrons. The summed E-state index contributed by atoms with van der Waals surface area (Å²) in [5.74, 6) is 1.63. The summed E-state index contributed by atoms with van der Waals surface area (Å²) >= 11 is 5.95. The molecule has 0 unspecified atom stereocenters. The van der Waals surface area contributed by atoms with Crippen molar-refractivity contribution in [1.82, 2.24) is 0 Å². The highest BCUT2D eigenvalue weighted by Gasteiger charge is 2.26. The van der Waals surface area contributed by atoms with Crippen LogP contribution in [0.25, 0.3) is 6.08 Å². The molecule has 0 amide bonds. The van der Waals surface area contributed by atoms with E-state index in [1.54, 1.807) is 24.3 Å². The van der Waals surface area contributed by atoms with Gasteiger partial charge in [0.2, 0.25) is 0 Å². The van der Waals surface area contributed by atoms with Crippen molar-refractivity contribution in [2.75, 3.05) is 0 Å². The van der Waals surface area contributed by atoms with Crippen LogP contribution in [0.3, 0.4) is 0 Å². The third-order valence-electron chi connectivity index (χ3n) is 4.46. The summed E-state index contributed by atoms with van der Waals surface area (Å²) in [5.41, 5.74) is 3.36. The Balaban J connectivity index is 1.79. The first-order valence-electron chi connectivity index (χ1n) is 8.37. The zero-order valence-electron chi connectivity index (χ0n) is 13.7. The van der Waals surface area contributed by atoms with E-state index in [9.17, 15) is 4.79 Å². The van der Waals surface area contributed by atoms with Gasteiger partial charge in [-0.25, -0.2) is 0 Å². The first-order chi connectivity index (χ1) is 12.2. The molecule has 2 aromatic carbocycles. The number of furan rings is 1. The van der Waals surface area contributed by atoms with Crippen LogP contribution in [0, 0.1) is 0 Å². The molecule has 0 saturated heterocycles. The third kappa shape index (κ3) is 3.18. The smallest absolute Gasteiger partial charge is 0.197 e. The minimum absolute atomic E-state index is 0.0147. The Hall–Kier alpha value is -2.58. The number of aryl methyl sites for hydroxylation is 1. The Kier molecular flexibility index (Phi) is 4.29. The summed E-state index contributed by atoms with van der Waals surface area (Å²) in [5, 5.41) is 0.621. The summed E-state index contributed by atoms with van der Waals surface area (Å²) in [7, 11) is 0. The average molecular weight is 349 g/mol. The van der Waals surface area contributed by atoms with Gasteiger partial charge in [-0.1, -0.05) is 54.1 Å². The van der Waals surface area contributed by atoms with Crippen LogP contribution < -0.4 is 0 Å². The maximum Gasteiger partial charge on any atom is 0.197 e. The average Bonchev–Trinajstić information content (AvgIpc) is 3.00. The Morgan fingerprint density at radius 1 is 1.04 bits per heavy atom. The molecular formula is C22H17ClO2. The van der Waals surface area contributed by atoms with Gasteiger partial charge in [0.05, 0.1) is 5.56 Å². The molecule has 0 atom stereocenters. The molecule has 0 saturated carbocycles. The summed E-state index contributed by atoms with van der Waals surface area (Å²) in [6, 6.07) is 17.1. The number of halogens is 1. The number of carbonyl (C=O) groups excluding carboxylic acids is 1. The van der Waals surface area contributed by atoms with Crippen LogP contribution in [-0.4, -0.2) is 5.78 Å². The van der Waals surface area contributed by atoms with E-state index in [-0.39, 0.29) is 5.78 Å². The van der Waals surface area contributed by atoms with Crippen molar-refractivity contribution in [3.8, 4) is 0 Å². The van der Waals surface area contributed by atoms with Crippen molar-refractivity contribution in [3.63, 3.8) is 0 Å². The van der Waals surface area contributed by atoms with E-state index in [0.717, 1.165) is 35.5 Å². The molecule has 124 valence electrons. The molecule has 2 nitrogen and oxygen atoms in total. The van der Waals surface area contributed by atoms with Gasteiger partial charge in [-0.15, -0.1) is 0 Å². The topological polar surface area (TPSA) is 30.2 Å². The summed E-state index contributed by atoms with van der Waals surface area (Å²) in [4.78, 5) is 13.2. The number of hydrogen-bond donors (Lipinski definition) is 0. The number of benzene rings is 2. The molecule has 0 bridgehead atoms. The number of rotatable bonds is 4. The van der Waals surface area contributed by atoms with Gasteiger partial charge in [0.25, 0.3) is 0 Å². The number of carbonyl (C=O) groups is 1. The number of fused-ring (bicyclic) bond motifs is 1. The first-order valence-corrected chi connectivity index (χ1v) is 8.75. The lowest BCUT2D eigenvalue weighted by Crippen LogP contribution is -2.06. The van der Waals surface area contributed by atoms with E-state index in [1.165, 1.54) is 0 Å². The van der Waals surface area contributed by atoms with Crippen molar-refractivity contribution in [2.45, 2.75) is 19.3 Å². The van der Waals surface area contributed by atoms with E-state index in [4.69, 9.17) is 16.0 Å². The Bertz CT molecular complexity index is 934. The van der Waals surface area contributed by atoms with Gasteiger partial charge in [0, 0.05) is 29.0 Å². The molecule has 4 rings (SSSR count). The van der Waals surface area contributed by atoms with Crippen LogP contribution in [0.1, 0.15) is 45.0 Å². The van der Waals surface area contributed by atoms with Crippen LogP contribution in [0.2, 0.25) is 5.02 Å². The second-order valence-corrected chi connectivity index (χ2v) is 6.61. The van der Waals surface area contributed by atoms with E-state index in [1.807, 2.05) is 36.4 Å². The largest absolute Gasteiger partial charge is 0.464 e. The zero-order valence-corrected chi connectivity index (χ0v) is 14.4. The van der Waals surface area contributed by atoms with E-state index in [0.29, 0.717) is 22.6 Å². The molecule has 0 aliphatic heterocycles. The van der Waals surface area contributed by atoms with Crippen molar-refractivity contribution in [1.29, 1.82) is 0 Å². The fourth-order valence-corrected chi connectivity index (χ4v) is 3.35. The molecule has 25 heavy (non-hydrogen) atoms. The van der Waals surface area contributed by atoms with Crippen molar-refractivity contribution in [3.05, 3.63) is 99.5 Å². The monoisotopic (exact) mass is 348 g/mol. The van der Waals surface area contributed by atoms with E-state index >= 15 is 0 Å². The fourth-order valence-electron chi connectivity index (χ4n) is 3.22. The van der Waals surface area contributed by atoms with Crippen molar-refractivity contribution >= 4 is 23.5 Å².